The van der Waals surface area contributed by atoms with Crippen LogP contribution in [-0.2, 0) is 11.2 Å². The Morgan fingerprint density at radius 1 is 1.04 bits per heavy atom. The number of aryl methyl sites for hydroxylation is 2. The second kappa shape index (κ2) is 9.99. The summed E-state index contributed by atoms with van der Waals surface area (Å²) in [5, 5.41) is 2.97. The van der Waals surface area contributed by atoms with Crippen LogP contribution in [0.5, 0.6) is 11.5 Å². The minimum atomic E-state index is 0.0675. The second-order valence-corrected chi connectivity index (χ2v) is 6.79. The van der Waals surface area contributed by atoms with Crippen LogP contribution in [0.15, 0.2) is 47.4 Å². The summed E-state index contributed by atoms with van der Waals surface area (Å²) < 4.78 is 10.5. The Balaban J connectivity index is 1.68. The molecule has 1 amide bonds. The highest BCUT2D eigenvalue weighted by atomic mass is 32.2. The lowest BCUT2D eigenvalue weighted by Gasteiger charge is -2.10. The predicted molar refractivity (Wildman–Crippen MR) is 103 cm³/mol. The Hall–Kier alpha value is -2.14. The van der Waals surface area contributed by atoms with Crippen LogP contribution in [0.3, 0.4) is 0 Å². The van der Waals surface area contributed by atoms with Gasteiger partial charge in [-0.2, -0.15) is 0 Å². The minimum absolute atomic E-state index is 0.0675. The van der Waals surface area contributed by atoms with E-state index in [1.165, 1.54) is 11.1 Å². The average Bonchev–Trinajstić information content (AvgIpc) is 2.64. The van der Waals surface area contributed by atoms with Crippen LogP contribution in [0.25, 0.3) is 0 Å². The van der Waals surface area contributed by atoms with Crippen LogP contribution in [0.2, 0.25) is 0 Å². The van der Waals surface area contributed by atoms with Gasteiger partial charge in [-0.15, -0.1) is 11.8 Å². The third-order valence-corrected chi connectivity index (χ3v) is 4.82. The summed E-state index contributed by atoms with van der Waals surface area (Å²) in [5.74, 6) is 1.98. The molecule has 0 saturated heterocycles. The van der Waals surface area contributed by atoms with Gasteiger partial charge in [0.25, 0.3) is 0 Å². The Labute approximate surface area is 153 Å². The van der Waals surface area contributed by atoms with Crippen LogP contribution in [0.4, 0.5) is 0 Å². The molecule has 5 heteroatoms. The highest BCUT2D eigenvalue weighted by Gasteiger charge is 2.05. The molecule has 0 radical (unpaired) electrons. The molecular weight excluding hydrogens is 334 g/mol. The summed E-state index contributed by atoms with van der Waals surface area (Å²) in [7, 11) is 3.26. The number of nitrogens with one attached hydrogen (secondary N) is 1. The molecule has 0 aliphatic rings. The molecule has 4 nitrogen and oxygen atoms in total. The molecule has 0 aromatic heterocycles. The van der Waals surface area contributed by atoms with Gasteiger partial charge in [0.15, 0.2) is 11.5 Å². The van der Waals surface area contributed by atoms with E-state index in [-0.39, 0.29) is 5.91 Å². The quantitative estimate of drug-likeness (QED) is 0.546. The van der Waals surface area contributed by atoms with E-state index >= 15 is 0 Å². The number of thioether (sulfide) groups is 1. The zero-order valence-electron chi connectivity index (χ0n) is 15.0. The lowest BCUT2D eigenvalue weighted by Crippen LogP contribution is -2.26. The van der Waals surface area contributed by atoms with Crippen molar-refractivity contribution >= 4 is 17.7 Å². The number of ether oxygens (including phenoxy) is 2. The Morgan fingerprint density at radius 3 is 2.44 bits per heavy atom. The van der Waals surface area contributed by atoms with E-state index in [1.54, 1.807) is 26.0 Å². The maximum Gasteiger partial charge on any atom is 0.230 e. The van der Waals surface area contributed by atoms with Gasteiger partial charge in [0, 0.05) is 11.4 Å². The van der Waals surface area contributed by atoms with Gasteiger partial charge in [-0.1, -0.05) is 23.8 Å². The van der Waals surface area contributed by atoms with E-state index in [2.05, 4.69) is 24.4 Å². The normalized spacial score (nSPS) is 10.4. The second-order valence-electron chi connectivity index (χ2n) is 5.74. The molecule has 0 fully saturated rings. The first-order chi connectivity index (χ1) is 12.1. The predicted octanol–water partition coefficient (Wildman–Crippen LogP) is 3.85. The van der Waals surface area contributed by atoms with Crippen molar-refractivity contribution in [3.8, 4) is 11.5 Å². The van der Waals surface area contributed by atoms with Crippen LogP contribution < -0.4 is 14.8 Å². The number of carbonyl (C=O) groups is 1. The first-order valence-electron chi connectivity index (χ1n) is 8.29. The SMILES string of the molecule is COc1ccc(CCCNC(=O)CSc2ccc(C)cc2)cc1OC. The van der Waals surface area contributed by atoms with Crippen LogP contribution in [0.1, 0.15) is 17.5 Å². The van der Waals surface area contributed by atoms with Crippen LogP contribution in [-0.4, -0.2) is 32.4 Å². The largest absolute Gasteiger partial charge is 0.493 e. The van der Waals surface area contributed by atoms with E-state index in [0.717, 1.165) is 29.2 Å². The third kappa shape index (κ3) is 6.35. The van der Waals surface area contributed by atoms with Gasteiger partial charge in [-0.3, -0.25) is 4.79 Å². The molecule has 0 atom stereocenters. The van der Waals surface area contributed by atoms with Gasteiger partial charge >= 0.3 is 0 Å². The van der Waals surface area contributed by atoms with Crippen molar-refractivity contribution in [3.05, 3.63) is 53.6 Å². The van der Waals surface area contributed by atoms with Crippen LogP contribution >= 0.6 is 11.8 Å². The van der Waals surface area contributed by atoms with Crippen molar-refractivity contribution in [1.82, 2.24) is 5.32 Å². The summed E-state index contributed by atoms with van der Waals surface area (Å²) in [6.07, 6.45) is 1.77. The van der Waals surface area contributed by atoms with Crippen molar-refractivity contribution < 1.29 is 14.3 Å². The summed E-state index contributed by atoms with van der Waals surface area (Å²) in [6, 6.07) is 14.1. The van der Waals surface area contributed by atoms with E-state index in [9.17, 15) is 4.79 Å². The molecule has 0 saturated carbocycles. The lowest BCUT2D eigenvalue weighted by molar-refractivity contribution is -0.118. The molecule has 0 spiro atoms. The molecule has 1 N–H and O–H groups in total. The van der Waals surface area contributed by atoms with Crippen LogP contribution in [0, 0.1) is 6.92 Å². The first kappa shape index (κ1) is 19.2. The lowest BCUT2D eigenvalue weighted by atomic mass is 10.1. The van der Waals surface area contributed by atoms with Crippen molar-refractivity contribution in [1.29, 1.82) is 0 Å². The van der Waals surface area contributed by atoms with E-state index < -0.39 is 0 Å². The van der Waals surface area contributed by atoms with Gasteiger partial charge < -0.3 is 14.8 Å². The van der Waals surface area contributed by atoms with Gasteiger partial charge in [0.05, 0.1) is 20.0 Å². The van der Waals surface area contributed by atoms with Crippen molar-refractivity contribution in [3.63, 3.8) is 0 Å². The highest BCUT2D eigenvalue weighted by Crippen LogP contribution is 2.27. The summed E-state index contributed by atoms with van der Waals surface area (Å²) >= 11 is 1.56. The summed E-state index contributed by atoms with van der Waals surface area (Å²) in [4.78, 5) is 13.0. The molecule has 2 rings (SSSR count). The molecule has 0 aliphatic heterocycles. The Morgan fingerprint density at radius 2 is 1.76 bits per heavy atom. The Bertz CT molecular complexity index is 686. The van der Waals surface area contributed by atoms with Crippen molar-refractivity contribution in [2.24, 2.45) is 0 Å². The standard InChI is InChI=1S/C20H25NO3S/c1-15-6-9-17(10-7-15)25-14-20(22)21-12-4-5-16-8-11-18(23-2)19(13-16)24-3/h6-11,13H,4-5,12,14H2,1-3H3,(H,21,22). The molecule has 0 heterocycles. The van der Waals surface area contributed by atoms with E-state index in [0.29, 0.717) is 12.3 Å². The first-order valence-corrected chi connectivity index (χ1v) is 9.28. The number of benzene rings is 2. The van der Waals surface area contributed by atoms with E-state index in [1.807, 2.05) is 30.3 Å². The highest BCUT2D eigenvalue weighted by molar-refractivity contribution is 8.00. The number of amides is 1. The number of hydrogen-bond donors (Lipinski definition) is 1. The maximum absolute atomic E-state index is 11.9. The third-order valence-electron chi connectivity index (χ3n) is 3.80. The monoisotopic (exact) mass is 359 g/mol. The molecule has 0 unspecified atom stereocenters. The number of rotatable bonds is 9. The zero-order valence-corrected chi connectivity index (χ0v) is 15.8. The number of carbonyl (C=O) groups excluding carboxylic acids is 1. The molecule has 0 aliphatic carbocycles. The minimum Gasteiger partial charge on any atom is -0.493 e. The van der Waals surface area contributed by atoms with E-state index in [4.69, 9.17) is 9.47 Å². The zero-order chi connectivity index (χ0) is 18.1. The van der Waals surface area contributed by atoms with Crippen molar-refractivity contribution in [2.75, 3.05) is 26.5 Å². The smallest absolute Gasteiger partial charge is 0.230 e. The molecule has 0 bridgehead atoms. The number of hydrogen-bond acceptors (Lipinski definition) is 4. The molecule has 2 aromatic rings. The summed E-state index contributed by atoms with van der Waals surface area (Å²) in [5.41, 5.74) is 2.39. The Kier molecular flexibility index (Phi) is 7.67. The molecular formula is C20H25NO3S. The van der Waals surface area contributed by atoms with Gasteiger partial charge in [0.1, 0.15) is 0 Å². The fourth-order valence-electron chi connectivity index (χ4n) is 2.39. The van der Waals surface area contributed by atoms with Crippen molar-refractivity contribution in [2.45, 2.75) is 24.7 Å². The summed E-state index contributed by atoms with van der Waals surface area (Å²) in [6.45, 7) is 2.72. The molecule has 25 heavy (non-hydrogen) atoms. The molecule has 134 valence electrons. The van der Waals surface area contributed by atoms with Gasteiger partial charge in [-0.25, -0.2) is 0 Å². The number of methoxy groups -OCH3 is 2. The fourth-order valence-corrected chi connectivity index (χ4v) is 3.12. The van der Waals surface area contributed by atoms with Gasteiger partial charge in [0.2, 0.25) is 5.91 Å². The maximum atomic E-state index is 11.9. The fraction of sp³-hybridized carbons (Fsp3) is 0.350. The molecule has 2 aromatic carbocycles. The average molecular weight is 359 g/mol. The van der Waals surface area contributed by atoms with Gasteiger partial charge in [-0.05, 0) is 49.6 Å². The topological polar surface area (TPSA) is 47.6 Å².